The topological polar surface area (TPSA) is 90.0 Å². The third kappa shape index (κ3) is 3.11. The molecule has 0 saturated carbocycles. The maximum Gasteiger partial charge on any atom is 0.325 e. The highest BCUT2D eigenvalue weighted by molar-refractivity contribution is 6.30. The Bertz CT molecular complexity index is 1250. The molecule has 8 nitrogen and oxygen atoms in total. The number of hydrogen-bond donors (Lipinski definition) is 1. The molecule has 2 aliphatic heterocycles. The van der Waals surface area contributed by atoms with E-state index in [4.69, 9.17) is 25.8 Å². The van der Waals surface area contributed by atoms with Gasteiger partial charge < -0.3 is 19.5 Å². The first-order valence-electron chi connectivity index (χ1n) is 9.56. The maximum atomic E-state index is 13.3. The molecule has 1 atom stereocenters. The first-order chi connectivity index (χ1) is 14.9. The second kappa shape index (κ2) is 7.02. The van der Waals surface area contributed by atoms with Crippen molar-refractivity contribution in [3.05, 3.63) is 58.7 Å². The van der Waals surface area contributed by atoms with Crippen molar-refractivity contribution in [2.45, 2.75) is 19.0 Å². The number of nitrogens with one attached hydrogen (secondary N) is 1. The minimum absolute atomic E-state index is 0.00138. The molecular weight excluding hydrogens is 422 g/mol. The third-order valence-electron chi connectivity index (χ3n) is 5.60. The number of urea groups is 1. The van der Waals surface area contributed by atoms with Crippen LogP contribution in [0.2, 0.25) is 5.15 Å². The molecule has 1 fully saturated rings. The number of ether oxygens (including phenoxy) is 3. The Morgan fingerprint density at radius 1 is 1.16 bits per heavy atom. The van der Waals surface area contributed by atoms with Crippen molar-refractivity contribution in [2.75, 3.05) is 13.9 Å². The lowest BCUT2D eigenvalue weighted by Crippen LogP contribution is -2.40. The summed E-state index contributed by atoms with van der Waals surface area (Å²) in [7, 11) is 1.58. The number of pyridine rings is 1. The van der Waals surface area contributed by atoms with Crippen molar-refractivity contribution in [1.82, 2.24) is 15.2 Å². The number of rotatable bonds is 4. The first kappa shape index (κ1) is 19.4. The van der Waals surface area contributed by atoms with Crippen molar-refractivity contribution in [1.29, 1.82) is 0 Å². The summed E-state index contributed by atoms with van der Waals surface area (Å²) in [5.74, 6) is 1.42. The van der Waals surface area contributed by atoms with Gasteiger partial charge in [0.25, 0.3) is 5.91 Å². The van der Waals surface area contributed by atoms with Crippen LogP contribution in [0.4, 0.5) is 4.79 Å². The van der Waals surface area contributed by atoms with Gasteiger partial charge in [0.15, 0.2) is 11.5 Å². The van der Waals surface area contributed by atoms with Gasteiger partial charge in [-0.05, 0) is 42.8 Å². The monoisotopic (exact) mass is 439 g/mol. The fourth-order valence-electron chi connectivity index (χ4n) is 3.82. The van der Waals surface area contributed by atoms with Crippen molar-refractivity contribution in [2.24, 2.45) is 0 Å². The highest BCUT2D eigenvalue weighted by Gasteiger charge is 2.49. The summed E-state index contributed by atoms with van der Waals surface area (Å²) in [6, 6.07) is 11.9. The third-order valence-corrected chi connectivity index (χ3v) is 5.93. The first-order valence-corrected chi connectivity index (χ1v) is 9.94. The van der Waals surface area contributed by atoms with Crippen LogP contribution in [-0.4, -0.2) is 35.7 Å². The van der Waals surface area contributed by atoms with E-state index in [9.17, 15) is 9.59 Å². The van der Waals surface area contributed by atoms with E-state index in [-0.39, 0.29) is 24.4 Å². The average Bonchev–Trinajstić information content (AvgIpc) is 3.32. The van der Waals surface area contributed by atoms with Gasteiger partial charge in [-0.25, -0.2) is 9.78 Å². The average molecular weight is 440 g/mol. The molecule has 9 heteroatoms. The molecule has 1 aromatic heterocycles. The zero-order valence-corrected chi connectivity index (χ0v) is 17.5. The number of nitrogens with zero attached hydrogens (tertiary/aromatic N) is 2. The van der Waals surface area contributed by atoms with Crippen LogP contribution in [0.5, 0.6) is 17.2 Å². The fraction of sp³-hybridized carbons (Fsp3) is 0.227. The van der Waals surface area contributed by atoms with E-state index in [1.807, 2.05) is 18.2 Å². The smallest absolute Gasteiger partial charge is 0.325 e. The van der Waals surface area contributed by atoms with Gasteiger partial charge in [0.05, 0.1) is 19.2 Å². The standard InChI is InChI=1S/C22H18ClN3O5/c1-22(14-4-6-17-18(8-14)31-11-30-17)20(27)26(21(28)25-22)10-13-7-12-3-5-15(29-2)9-16(12)24-19(13)23/h3-9H,10-11H2,1-2H3,(H,25,28)/t22-/m0/s1. The molecule has 2 aliphatic rings. The zero-order chi connectivity index (χ0) is 21.8. The van der Waals surface area contributed by atoms with Gasteiger partial charge >= 0.3 is 6.03 Å². The predicted octanol–water partition coefficient (Wildman–Crippen LogP) is 3.59. The Balaban J connectivity index is 1.45. The van der Waals surface area contributed by atoms with Crippen molar-refractivity contribution < 1.29 is 23.8 Å². The van der Waals surface area contributed by atoms with E-state index in [1.165, 1.54) is 0 Å². The molecule has 2 aromatic carbocycles. The molecule has 1 N–H and O–H groups in total. The summed E-state index contributed by atoms with van der Waals surface area (Å²) < 4.78 is 15.9. The van der Waals surface area contributed by atoms with E-state index >= 15 is 0 Å². The number of carbonyl (C=O) groups is 2. The number of amides is 3. The lowest BCUT2D eigenvalue weighted by molar-refractivity contribution is -0.131. The van der Waals surface area contributed by atoms with Crippen LogP contribution in [0.3, 0.4) is 0 Å². The van der Waals surface area contributed by atoms with Crippen molar-refractivity contribution >= 4 is 34.4 Å². The number of imide groups is 1. The molecule has 0 radical (unpaired) electrons. The van der Waals surface area contributed by atoms with Crippen molar-refractivity contribution in [3.63, 3.8) is 0 Å². The molecule has 3 aromatic rings. The van der Waals surface area contributed by atoms with Gasteiger partial charge in [0, 0.05) is 17.0 Å². The number of halogens is 1. The Morgan fingerprint density at radius 3 is 2.77 bits per heavy atom. The van der Waals surface area contributed by atoms with Crippen LogP contribution in [0.25, 0.3) is 10.9 Å². The molecule has 5 rings (SSSR count). The van der Waals surface area contributed by atoms with Crippen LogP contribution in [-0.2, 0) is 16.9 Å². The summed E-state index contributed by atoms with van der Waals surface area (Å²) in [6.45, 7) is 1.79. The summed E-state index contributed by atoms with van der Waals surface area (Å²) in [5, 5.41) is 3.84. The highest BCUT2D eigenvalue weighted by Crippen LogP contribution is 2.38. The maximum absolute atomic E-state index is 13.3. The van der Waals surface area contributed by atoms with Crippen molar-refractivity contribution in [3.8, 4) is 17.2 Å². The number of hydrogen-bond acceptors (Lipinski definition) is 6. The van der Waals surface area contributed by atoms with Gasteiger partial charge in [-0.3, -0.25) is 9.69 Å². The lowest BCUT2D eigenvalue weighted by atomic mass is 9.91. The van der Waals surface area contributed by atoms with E-state index in [1.54, 1.807) is 38.3 Å². The summed E-state index contributed by atoms with van der Waals surface area (Å²) >= 11 is 6.37. The molecule has 0 bridgehead atoms. The molecule has 31 heavy (non-hydrogen) atoms. The van der Waals surface area contributed by atoms with E-state index in [2.05, 4.69) is 10.3 Å². The van der Waals surface area contributed by atoms with E-state index < -0.39 is 11.6 Å². The summed E-state index contributed by atoms with van der Waals surface area (Å²) in [5.41, 5.74) is 0.600. The van der Waals surface area contributed by atoms with E-state index in [0.29, 0.717) is 33.9 Å². The number of carbonyl (C=O) groups excluding carboxylic acids is 2. The normalized spacial score (nSPS) is 19.8. The van der Waals surface area contributed by atoms with Gasteiger partial charge in [0.1, 0.15) is 16.4 Å². The molecule has 3 heterocycles. The summed E-state index contributed by atoms with van der Waals surface area (Å²) in [6.07, 6.45) is 0. The van der Waals surface area contributed by atoms with Gasteiger partial charge in [-0.1, -0.05) is 17.7 Å². The second-order valence-corrected chi connectivity index (χ2v) is 7.87. The summed E-state index contributed by atoms with van der Waals surface area (Å²) in [4.78, 5) is 31.6. The van der Waals surface area contributed by atoms with E-state index in [0.717, 1.165) is 10.3 Å². The molecule has 0 spiro atoms. The van der Waals surface area contributed by atoms with Crippen LogP contribution in [0.15, 0.2) is 42.5 Å². The Hall–Kier alpha value is -3.52. The highest BCUT2D eigenvalue weighted by atomic mass is 35.5. The van der Waals surface area contributed by atoms with Gasteiger partial charge in [-0.15, -0.1) is 0 Å². The quantitative estimate of drug-likeness (QED) is 0.493. The zero-order valence-electron chi connectivity index (χ0n) is 16.8. The van der Waals surface area contributed by atoms with Crippen LogP contribution in [0.1, 0.15) is 18.1 Å². The Labute approximate surface area is 182 Å². The lowest BCUT2D eigenvalue weighted by Gasteiger charge is -2.22. The SMILES string of the molecule is COc1ccc2cc(CN3C(=O)N[C@@](C)(c4ccc5c(c4)OCO5)C3=O)c(Cl)nc2c1. The van der Waals surface area contributed by atoms with Crippen LogP contribution in [0, 0.1) is 0 Å². The molecule has 0 aliphatic carbocycles. The van der Waals surface area contributed by atoms with Crippen LogP contribution < -0.4 is 19.5 Å². The second-order valence-electron chi connectivity index (χ2n) is 7.51. The number of aromatic nitrogens is 1. The number of fused-ring (bicyclic) bond motifs is 2. The Kier molecular flexibility index (Phi) is 4.40. The molecular formula is C22H18ClN3O5. The number of benzene rings is 2. The molecule has 3 amide bonds. The largest absolute Gasteiger partial charge is 0.497 e. The van der Waals surface area contributed by atoms with Crippen LogP contribution >= 0.6 is 11.6 Å². The predicted molar refractivity (Wildman–Crippen MR) is 112 cm³/mol. The Morgan fingerprint density at radius 2 is 1.97 bits per heavy atom. The molecule has 0 unspecified atom stereocenters. The van der Waals surface area contributed by atoms with Gasteiger partial charge in [-0.2, -0.15) is 0 Å². The number of methoxy groups -OCH3 is 1. The minimum Gasteiger partial charge on any atom is -0.497 e. The fourth-order valence-corrected chi connectivity index (χ4v) is 4.02. The minimum atomic E-state index is -1.23. The molecule has 158 valence electrons. The molecule has 1 saturated heterocycles. The van der Waals surface area contributed by atoms with Gasteiger partial charge in [0.2, 0.25) is 6.79 Å².